The SMILES string of the molecule is CC(=O)N1CCc2c(N3CCN(C(=O)OC(C)(C)C)[C@@H](C)C3)cc(C(F)(F)F)nc21. The molecule has 2 aliphatic rings. The zero-order valence-corrected chi connectivity index (χ0v) is 17.8. The summed E-state index contributed by atoms with van der Waals surface area (Å²) >= 11 is 0. The maximum absolute atomic E-state index is 13.5. The van der Waals surface area contributed by atoms with Gasteiger partial charge in [-0.15, -0.1) is 0 Å². The monoisotopic (exact) mass is 428 g/mol. The molecule has 1 aromatic rings. The van der Waals surface area contributed by atoms with Crippen molar-refractivity contribution in [2.75, 3.05) is 36.0 Å². The third kappa shape index (κ3) is 4.46. The van der Waals surface area contributed by atoms with E-state index in [0.717, 1.165) is 6.07 Å². The summed E-state index contributed by atoms with van der Waals surface area (Å²) < 4.78 is 45.9. The maximum atomic E-state index is 13.5. The smallest absolute Gasteiger partial charge is 0.433 e. The van der Waals surface area contributed by atoms with E-state index in [0.29, 0.717) is 43.9 Å². The van der Waals surface area contributed by atoms with Crippen LogP contribution in [0.2, 0.25) is 0 Å². The molecule has 30 heavy (non-hydrogen) atoms. The van der Waals surface area contributed by atoms with Gasteiger partial charge in [0, 0.05) is 50.4 Å². The Labute approximate surface area is 173 Å². The summed E-state index contributed by atoms with van der Waals surface area (Å²) in [6.07, 6.45) is -4.62. The summed E-state index contributed by atoms with van der Waals surface area (Å²) in [4.78, 5) is 32.8. The molecule has 0 saturated carbocycles. The molecule has 2 aliphatic heterocycles. The maximum Gasteiger partial charge on any atom is 0.433 e. The van der Waals surface area contributed by atoms with Gasteiger partial charge in [-0.05, 0) is 40.2 Å². The first-order valence-corrected chi connectivity index (χ1v) is 9.91. The molecule has 0 radical (unpaired) electrons. The molecule has 0 N–H and O–H groups in total. The van der Waals surface area contributed by atoms with Crippen molar-refractivity contribution < 1.29 is 27.5 Å². The number of anilines is 2. The van der Waals surface area contributed by atoms with E-state index in [4.69, 9.17) is 4.74 Å². The zero-order chi connectivity index (χ0) is 22.4. The van der Waals surface area contributed by atoms with Crippen LogP contribution < -0.4 is 9.80 Å². The highest BCUT2D eigenvalue weighted by Gasteiger charge is 2.39. The van der Waals surface area contributed by atoms with Gasteiger partial charge in [-0.1, -0.05) is 0 Å². The first-order valence-electron chi connectivity index (χ1n) is 9.91. The number of piperazine rings is 1. The van der Waals surface area contributed by atoms with Crippen LogP contribution >= 0.6 is 0 Å². The zero-order valence-electron chi connectivity index (χ0n) is 17.8. The Morgan fingerprint density at radius 1 is 1.17 bits per heavy atom. The normalized spacial score (nSPS) is 19.7. The molecule has 0 spiro atoms. The average Bonchev–Trinajstić information content (AvgIpc) is 3.02. The van der Waals surface area contributed by atoms with Gasteiger partial charge in [0.15, 0.2) is 0 Å². The van der Waals surface area contributed by atoms with Crippen LogP contribution in [-0.4, -0.2) is 59.7 Å². The second-order valence-electron chi connectivity index (χ2n) is 8.72. The van der Waals surface area contributed by atoms with E-state index in [-0.39, 0.29) is 17.8 Å². The van der Waals surface area contributed by atoms with Crippen molar-refractivity contribution >= 4 is 23.5 Å². The summed E-state index contributed by atoms with van der Waals surface area (Å²) in [6, 6.07) is 0.801. The fourth-order valence-electron chi connectivity index (χ4n) is 3.84. The number of rotatable bonds is 1. The molecule has 3 rings (SSSR count). The number of amides is 2. The van der Waals surface area contributed by atoms with Crippen LogP contribution in [0.1, 0.15) is 45.9 Å². The number of aromatic nitrogens is 1. The number of nitrogens with zero attached hydrogens (tertiary/aromatic N) is 4. The van der Waals surface area contributed by atoms with E-state index < -0.39 is 23.6 Å². The van der Waals surface area contributed by atoms with E-state index in [1.807, 2.05) is 11.8 Å². The van der Waals surface area contributed by atoms with Gasteiger partial charge in [-0.2, -0.15) is 13.2 Å². The minimum atomic E-state index is -4.63. The van der Waals surface area contributed by atoms with Crippen molar-refractivity contribution in [3.63, 3.8) is 0 Å². The van der Waals surface area contributed by atoms with Gasteiger partial charge in [-0.3, -0.25) is 9.69 Å². The predicted molar refractivity (Wildman–Crippen MR) is 106 cm³/mol. The summed E-state index contributed by atoms with van der Waals surface area (Å²) in [5.74, 6) is -0.260. The van der Waals surface area contributed by atoms with Crippen molar-refractivity contribution in [3.8, 4) is 0 Å². The summed E-state index contributed by atoms with van der Waals surface area (Å²) in [5.41, 5.74) is -0.591. The molecule has 1 fully saturated rings. The second kappa shape index (κ2) is 7.63. The number of alkyl halides is 3. The Bertz CT molecular complexity index is 851. The third-order valence-corrected chi connectivity index (χ3v) is 5.19. The highest BCUT2D eigenvalue weighted by Crippen LogP contribution is 2.40. The molecule has 1 saturated heterocycles. The van der Waals surface area contributed by atoms with E-state index in [2.05, 4.69) is 4.98 Å². The lowest BCUT2D eigenvalue weighted by atomic mass is 10.1. The van der Waals surface area contributed by atoms with E-state index >= 15 is 0 Å². The van der Waals surface area contributed by atoms with E-state index in [1.165, 1.54) is 11.8 Å². The molecule has 7 nitrogen and oxygen atoms in total. The molecule has 3 heterocycles. The Kier molecular flexibility index (Phi) is 5.64. The van der Waals surface area contributed by atoms with Gasteiger partial charge in [-0.25, -0.2) is 9.78 Å². The highest BCUT2D eigenvalue weighted by molar-refractivity contribution is 5.94. The molecule has 0 aromatic carbocycles. The van der Waals surface area contributed by atoms with Crippen molar-refractivity contribution in [3.05, 3.63) is 17.3 Å². The number of carbonyl (C=O) groups excluding carboxylic acids is 2. The number of fused-ring (bicyclic) bond motifs is 1. The molecule has 0 aliphatic carbocycles. The first kappa shape index (κ1) is 22.2. The largest absolute Gasteiger partial charge is 0.444 e. The number of halogens is 3. The Morgan fingerprint density at radius 2 is 1.83 bits per heavy atom. The molecule has 0 unspecified atom stereocenters. The van der Waals surface area contributed by atoms with Gasteiger partial charge in [0.25, 0.3) is 0 Å². The highest BCUT2D eigenvalue weighted by atomic mass is 19.4. The van der Waals surface area contributed by atoms with Gasteiger partial charge in [0.05, 0.1) is 0 Å². The molecule has 1 aromatic heterocycles. The topological polar surface area (TPSA) is 66.0 Å². The quantitative estimate of drug-likeness (QED) is 0.686. The van der Waals surface area contributed by atoms with Gasteiger partial charge in [0.2, 0.25) is 5.91 Å². The number of ether oxygens (including phenoxy) is 1. The third-order valence-electron chi connectivity index (χ3n) is 5.19. The number of carbonyl (C=O) groups is 2. The van der Waals surface area contributed by atoms with Crippen molar-refractivity contribution in [2.45, 2.75) is 58.9 Å². The van der Waals surface area contributed by atoms with Crippen LogP contribution in [0.15, 0.2) is 6.07 Å². The summed E-state index contributed by atoms with van der Waals surface area (Å²) in [5, 5.41) is 0. The average molecular weight is 428 g/mol. The van der Waals surface area contributed by atoms with Crippen LogP contribution in [0.3, 0.4) is 0 Å². The minimum Gasteiger partial charge on any atom is -0.444 e. The summed E-state index contributed by atoms with van der Waals surface area (Å²) in [7, 11) is 0. The lowest BCUT2D eigenvalue weighted by Gasteiger charge is -2.41. The van der Waals surface area contributed by atoms with E-state index in [1.54, 1.807) is 25.7 Å². The Morgan fingerprint density at radius 3 is 2.37 bits per heavy atom. The van der Waals surface area contributed by atoms with Gasteiger partial charge in [0.1, 0.15) is 17.1 Å². The van der Waals surface area contributed by atoms with Crippen LogP contribution in [0.5, 0.6) is 0 Å². The molecular formula is C20H27F3N4O3. The van der Waals surface area contributed by atoms with Gasteiger partial charge < -0.3 is 14.5 Å². The van der Waals surface area contributed by atoms with Gasteiger partial charge >= 0.3 is 12.3 Å². The van der Waals surface area contributed by atoms with Crippen molar-refractivity contribution in [1.29, 1.82) is 0 Å². The van der Waals surface area contributed by atoms with Crippen LogP contribution in [-0.2, 0) is 22.1 Å². The molecule has 0 bridgehead atoms. The lowest BCUT2D eigenvalue weighted by molar-refractivity contribution is -0.141. The number of pyridine rings is 1. The lowest BCUT2D eigenvalue weighted by Crippen LogP contribution is -2.55. The Balaban J connectivity index is 1.90. The van der Waals surface area contributed by atoms with E-state index in [9.17, 15) is 22.8 Å². The number of hydrogen-bond donors (Lipinski definition) is 0. The Hall–Kier alpha value is -2.52. The predicted octanol–water partition coefficient (Wildman–Crippen LogP) is 3.46. The summed E-state index contributed by atoms with van der Waals surface area (Å²) in [6.45, 7) is 9.85. The molecule has 10 heteroatoms. The van der Waals surface area contributed by atoms with Crippen LogP contribution in [0.4, 0.5) is 29.5 Å². The minimum absolute atomic E-state index is 0.0783. The van der Waals surface area contributed by atoms with Crippen molar-refractivity contribution in [1.82, 2.24) is 9.88 Å². The van der Waals surface area contributed by atoms with Crippen LogP contribution in [0, 0.1) is 0 Å². The van der Waals surface area contributed by atoms with Crippen LogP contribution in [0.25, 0.3) is 0 Å². The molecule has 1 atom stereocenters. The number of hydrogen-bond acceptors (Lipinski definition) is 5. The second-order valence-corrected chi connectivity index (χ2v) is 8.72. The molecule has 166 valence electrons. The molecule has 2 amide bonds. The van der Waals surface area contributed by atoms with Crippen molar-refractivity contribution in [2.24, 2.45) is 0 Å². The molecular weight excluding hydrogens is 401 g/mol. The standard InChI is InChI=1S/C20H27F3N4O3/c1-12-11-25(8-9-26(12)18(29)30-19(3,4)5)15-10-16(20(21,22)23)24-17-14(15)6-7-27(17)13(2)28/h10,12H,6-9,11H2,1-5H3/t12-/m0/s1. The fraction of sp³-hybridized carbons (Fsp3) is 0.650. The fourth-order valence-corrected chi connectivity index (χ4v) is 3.84. The first-order chi connectivity index (χ1) is 13.8.